The summed E-state index contributed by atoms with van der Waals surface area (Å²) in [6.07, 6.45) is 2.78. The molecule has 2 aromatic heterocycles. The molecule has 0 radical (unpaired) electrons. The van der Waals surface area contributed by atoms with E-state index in [1.165, 1.54) is 32.9 Å². The van der Waals surface area contributed by atoms with Crippen LogP contribution in [0, 0.1) is 19.7 Å². The Hall–Kier alpha value is -2.70. The first-order valence-corrected chi connectivity index (χ1v) is 11.4. The van der Waals surface area contributed by atoms with Gasteiger partial charge in [-0.25, -0.2) is 13.8 Å². The molecule has 0 saturated carbocycles. The Morgan fingerprint density at radius 2 is 1.87 bits per heavy atom. The van der Waals surface area contributed by atoms with Crippen LogP contribution in [0.4, 0.5) is 4.39 Å². The lowest BCUT2D eigenvalue weighted by molar-refractivity contribution is 0.626. The maximum Gasteiger partial charge on any atom is 0.337 e. The smallest absolute Gasteiger partial charge is 0.279 e. The van der Waals surface area contributed by atoms with E-state index in [9.17, 15) is 14.0 Å². The van der Waals surface area contributed by atoms with Crippen LogP contribution >= 0.6 is 22.9 Å². The highest BCUT2D eigenvalue weighted by Gasteiger charge is 2.25. The Morgan fingerprint density at radius 3 is 2.61 bits per heavy atom. The Labute approximate surface area is 187 Å². The molecular weight excluding hydrogens is 435 g/mol. The molecule has 2 aromatic carbocycles. The lowest BCUT2D eigenvalue weighted by Crippen LogP contribution is -2.39. The van der Waals surface area contributed by atoms with Crippen LogP contribution in [0.1, 0.15) is 33.6 Å². The first-order chi connectivity index (χ1) is 14.8. The van der Waals surface area contributed by atoms with E-state index in [1.807, 2.05) is 26.0 Å². The van der Waals surface area contributed by atoms with E-state index in [0.717, 1.165) is 36.0 Å². The predicted octanol–water partition coefficient (Wildman–Crippen LogP) is 5.16. The number of aromatic nitrogens is 2. The summed E-state index contributed by atoms with van der Waals surface area (Å²) < 4.78 is 16.4. The molecule has 0 fully saturated rings. The monoisotopic (exact) mass is 454 g/mol. The molecule has 31 heavy (non-hydrogen) atoms. The Bertz CT molecular complexity index is 1480. The molecular formula is C24H20ClFN2O2S. The van der Waals surface area contributed by atoms with Crippen molar-refractivity contribution in [3.63, 3.8) is 0 Å². The SMILES string of the molecule is Cc1ccc(-n2c(=O)c3c4c(sc3n(Cc3ccc(F)cc3Cl)c2=O)CCC4)cc1C. The van der Waals surface area contributed by atoms with E-state index >= 15 is 0 Å². The van der Waals surface area contributed by atoms with Crippen LogP contribution in [0.3, 0.4) is 0 Å². The zero-order valence-electron chi connectivity index (χ0n) is 17.2. The number of fused-ring (bicyclic) bond motifs is 3. The minimum absolute atomic E-state index is 0.166. The normalized spacial score (nSPS) is 13.2. The van der Waals surface area contributed by atoms with Crippen LogP contribution < -0.4 is 11.2 Å². The van der Waals surface area contributed by atoms with Gasteiger partial charge in [0.05, 0.1) is 17.6 Å². The second kappa shape index (κ2) is 7.46. The van der Waals surface area contributed by atoms with Crippen molar-refractivity contribution >= 4 is 33.2 Å². The van der Waals surface area contributed by atoms with Gasteiger partial charge < -0.3 is 0 Å². The van der Waals surface area contributed by atoms with Crippen LogP contribution in [-0.2, 0) is 19.4 Å². The van der Waals surface area contributed by atoms with Gasteiger partial charge in [-0.2, -0.15) is 0 Å². The largest absolute Gasteiger partial charge is 0.337 e. The molecule has 0 N–H and O–H groups in total. The number of rotatable bonds is 3. The Kier molecular flexibility index (Phi) is 4.87. The summed E-state index contributed by atoms with van der Waals surface area (Å²) >= 11 is 7.78. The highest BCUT2D eigenvalue weighted by molar-refractivity contribution is 7.18. The minimum atomic E-state index is -0.429. The van der Waals surface area contributed by atoms with E-state index in [4.69, 9.17) is 11.6 Å². The topological polar surface area (TPSA) is 44.0 Å². The van der Waals surface area contributed by atoms with Crippen molar-refractivity contribution in [3.8, 4) is 5.69 Å². The molecule has 5 rings (SSSR count). The van der Waals surface area contributed by atoms with E-state index in [2.05, 4.69) is 0 Å². The number of hydrogen-bond acceptors (Lipinski definition) is 3. The molecule has 2 heterocycles. The molecule has 0 unspecified atom stereocenters. The molecule has 7 heteroatoms. The predicted molar refractivity (Wildman–Crippen MR) is 124 cm³/mol. The van der Waals surface area contributed by atoms with E-state index in [0.29, 0.717) is 21.5 Å². The second-order valence-electron chi connectivity index (χ2n) is 8.05. The summed E-state index contributed by atoms with van der Waals surface area (Å²) in [5, 5.41) is 0.877. The molecule has 0 atom stereocenters. The van der Waals surface area contributed by atoms with Crippen LogP contribution in [0.5, 0.6) is 0 Å². The fraction of sp³-hybridized carbons (Fsp3) is 0.250. The van der Waals surface area contributed by atoms with Gasteiger partial charge in [0.15, 0.2) is 0 Å². The summed E-state index contributed by atoms with van der Waals surface area (Å²) in [4.78, 5) is 29.0. The second-order valence-corrected chi connectivity index (χ2v) is 9.54. The molecule has 158 valence electrons. The number of thiophene rings is 1. The average molecular weight is 455 g/mol. The lowest BCUT2D eigenvalue weighted by Gasteiger charge is -2.14. The van der Waals surface area contributed by atoms with E-state index in [1.54, 1.807) is 16.7 Å². The fourth-order valence-electron chi connectivity index (χ4n) is 4.26. The third kappa shape index (κ3) is 3.25. The number of benzene rings is 2. The third-order valence-electron chi connectivity index (χ3n) is 6.08. The van der Waals surface area contributed by atoms with Gasteiger partial charge in [-0.15, -0.1) is 11.3 Å². The highest BCUT2D eigenvalue weighted by atomic mass is 35.5. The van der Waals surface area contributed by atoms with Gasteiger partial charge in [-0.05, 0) is 79.6 Å². The van der Waals surface area contributed by atoms with Crippen molar-refractivity contribution in [2.45, 2.75) is 39.7 Å². The van der Waals surface area contributed by atoms with Crippen molar-refractivity contribution in [2.75, 3.05) is 0 Å². The molecule has 4 aromatic rings. The highest BCUT2D eigenvalue weighted by Crippen LogP contribution is 2.35. The quantitative estimate of drug-likeness (QED) is 0.429. The molecule has 0 amide bonds. The molecule has 0 bridgehead atoms. The maximum atomic E-state index is 13.6. The van der Waals surface area contributed by atoms with Crippen LogP contribution in [0.2, 0.25) is 5.02 Å². The standard InChI is InChI=1S/C24H20ClFN2O2S/c1-13-6-9-17(10-14(13)2)28-22(29)21-18-4-3-5-20(18)31-23(21)27(24(28)30)12-15-7-8-16(26)11-19(15)25/h6-11H,3-5,12H2,1-2H3. The van der Waals surface area contributed by atoms with E-state index in [-0.39, 0.29) is 17.1 Å². The number of aryl methyl sites for hydroxylation is 4. The van der Waals surface area contributed by atoms with Crippen molar-refractivity contribution in [1.82, 2.24) is 9.13 Å². The molecule has 1 aliphatic carbocycles. The molecule has 4 nitrogen and oxygen atoms in total. The van der Waals surface area contributed by atoms with Crippen molar-refractivity contribution in [3.05, 3.63) is 95.2 Å². The first-order valence-electron chi connectivity index (χ1n) is 10.2. The van der Waals surface area contributed by atoms with E-state index < -0.39 is 11.5 Å². The zero-order valence-corrected chi connectivity index (χ0v) is 18.7. The summed E-state index contributed by atoms with van der Waals surface area (Å²) in [5.41, 5.74) is 3.65. The number of hydrogen-bond donors (Lipinski definition) is 0. The van der Waals surface area contributed by atoms with Gasteiger partial charge in [-0.3, -0.25) is 9.36 Å². The molecule has 0 saturated heterocycles. The average Bonchev–Trinajstić information content (AvgIpc) is 3.30. The summed E-state index contributed by atoms with van der Waals surface area (Å²) in [6.45, 7) is 4.12. The Balaban J connectivity index is 1.83. The number of nitrogens with zero attached hydrogens (tertiary/aromatic N) is 2. The van der Waals surface area contributed by atoms with Gasteiger partial charge in [0.1, 0.15) is 10.6 Å². The Morgan fingerprint density at radius 1 is 1.06 bits per heavy atom. The third-order valence-corrected chi connectivity index (χ3v) is 7.75. The van der Waals surface area contributed by atoms with Gasteiger partial charge in [0.2, 0.25) is 0 Å². The van der Waals surface area contributed by atoms with Gasteiger partial charge in [0, 0.05) is 9.90 Å². The van der Waals surface area contributed by atoms with Gasteiger partial charge in [0.25, 0.3) is 5.56 Å². The lowest BCUT2D eigenvalue weighted by atomic mass is 10.1. The van der Waals surface area contributed by atoms with Crippen molar-refractivity contribution in [2.24, 2.45) is 0 Å². The molecule has 1 aliphatic rings. The first kappa shape index (κ1) is 20.2. The van der Waals surface area contributed by atoms with Crippen LogP contribution in [0.25, 0.3) is 15.9 Å². The fourth-order valence-corrected chi connectivity index (χ4v) is 5.86. The molecule has 0 spiro atoms. The summed E-state index contributed by atoms with van der Waals surface area (Å²) in [5.74, 6) is -0.429. The van der Waals surface area contributed by atoms with Gasteiger partial charge >= 0.3 is 5.69 Å². The van der Waals surface area contributed by atoms with Crippen molar-refractivity contribution < 1.29 is 4.39 Å². The maximum absolute atomic E-state index is 13.6. The number of halogens is 2. The molecule has 0 aliphatic heterocycles. The van der Waals surface area contributed by atoms with Crippen LogP contribution in [0.15, 0.2) is 46.0 Å². The summed E-state index contributed by atoms with van der Waals surface area (Å²) in [7, 11) is 0. The summed E-state index contributed by atoms with van der Waals surface area (Å²) in [6, 6.07) is 9.75. The minimum Gasteiger partial charge on any atom is -0.279 e. The van der Waals surface area contributed by atoms with Gasteiger partial charge in [-0.1, -0.05) is 23.7 Å². The van der Waals surface area contributed by atoms with Crippen LogP contribution in [-0.4, -0.2) is 9.13 Å². The zero-order chi connectivity index (χ0) is 21.9. The van der Waals surface area contributed by atoms with Crippen molar-refractivity contribution in [1.29, 1.82) is 0 Å².